The van der Waals surface area contributed by atoms with Crippen LogP contribution in [0.5, 0.6) is 5.75 Å². The molecule has 0 saturated carbocycles. The van der Waals surface area contributed by atoms with Crippen LogP contribution < -0.4 is 15.0 Å². The molecule has 1 fully saturated rings. The summed E-state index contributed by atoms with van der Waals surface area (Å²) in [5.41, 5.74) is 0.805. The molecule has 8 nitrogen and oxygen atoms in total. The molecule has 33 heavy (non-hydrogen) atoms. The number of amides is 2. The Morgan fingerprint density at radius 1 is 1.06 bits per heavy atom. The standard InChI is InChI=1S/C25H33N5O3/c1-2-28-16-18-29(19-17-28)15-13-26-22(31)11-7-14-30-24-21(10-6-12-27-24)33-23(25(30)32)20-8-4-3-5-9-20/h3-6,8-10,12,23H,2,7,11,13-19H2,1H3,(H,26,31)/t23-/m1/s1. The monoisotopic (exact) mass is 451 g/mol. The van der Waals surface area contributed by atoms with E-state index in [0.717, 1.165) is 44.8 Å². The summed E-state index contributed by atoms with van der Waals surface area (Å²) < 4.78 is 5.97. The summed E-state index contributed by atoms with van der Waals surface area (Å²) in [6.07, 6.45) is 1.87. The van der Waals surface area contributed by atoms with Crippen molar-refractivity contribution in [1.82, 2.24) is 20.1 Å². The van der Waals surface area contributed by atoms with Gasteiger partial charge in [0.2, 0.25) is 12.0 Å². The normalized spacial score (nSPS) is 19.1. The molecule has 1 saturated heterocycles. The van der Waals surface area contributed by atoms with Gasteiger partial charge >= 0.3 is 0 Å². The molecule has 1 N–H and O–H groups in total. The van der Waals surface area contributed by atoms with Crippen molar-refractivity contribution in [2.45, 2.75) is 25.9 Å². The lowest BCUT2D eigenvalue weighted by Gasteiger charge is -2.34. The Labute approximate surface area is 195 Å². The fraction of sp³-hybridized carbons (Fsp3) is 0.480. The first kappa shape index (κ1) is 23.2. The largest absolute Gasteiger partial charge is 0.472 e. The number of ether oxygens (including phenoxy) is 1. The second-order valence-corrected chi connectivity index (χ2v) is 8.45. The Morgan fingerprint density at radius 3 is 2.58 bits per heavy atom. The number of rotatable bonds is 9. The first-order valence-electron chi connectivity index (χ1n) is 11.8. The zero-order chi connectivity index (χ0) is 23.0. The lowest BCUT2D eigenvalue weighted by Crippen LogP contribution is -2.48. The van der Waals surface area contributed by atoms with Crippen LogP contribution in [-0.4, -0.2) is 79.0 Å². The van der Waals surface area contributed by atoms with E-state index in [1.165, 1.54) is 0 Å². The fourth-order valence-electron chi connectivity index (χ4n) is 4.32. The van der Waals surface area contributed by atoms with E-state index in [2.05, 4.69) is 27.0 Å². The van der Waals surface area contributed by atoms with Crippen LogP contribution in [0.1, 0.15) is 31.4 Å². The highest BCUT2D eigenvalue weighted by molar-refractivity contribution is 5.99. The maximum Gasteiger partial charge on any atom is 0.274 e. The molecule has 0 spiro atoms. The number of nitrogens with one attached hydrogen (secondary N) is 1. The van der Waals surface area contributed by atoms with Crippen molar-refractivity contribution in [2.75, 3.05) is 57.3 Å². The molecule has 2 aliphatic heterocycles. The Bertz CT molecular complexity index is 931. The van der Waals surface area contributed by atoms with E-state index in [1.807, 2.05) is 36.4 Å². The van der Waals surface area contributed by atoms with E-state index < -0.39 is 6.10 Å². The number of hydrogen-bond donors (Lipinski definition) is 1. The average Bonchev–Trinajstić information content (AvgIpc) is 2.86. The molecule has 0 bridgehead atoms. The van der Waals surface area contributed by atoms with Crippen molar-refractivity contribution >= 4 is 17.6 Å². The SMILES string of the molecule is CCN1CCN(CCNC(=O)CCCN2C(=O)[C@@H](c3ccccc3)Oc3cccnc32)CC1. The molecule has 2 aliphatic rings. The van der Waals surface area contributed by atoms with Gasteiger partial charge in [-0.25, -0.2) is 4.98 Å². The smallest absolute Gasteiger partial charge is 0.274 e. The van der Waals surface area contributed by atoms with Crippen molar-refractivity contribution in [3.05, 3.63) is 54.2 Å². The van der Waals surface area contributed by atoms with Gasteiger partial charge in [-0.3, -0.25) is 19.4 Å². The molecule has 2 aromatic rings. The summed E-state index contributed by atoms with van der Waals surface area (Å²) in [6.45, 7) is 9.54. The summed E-state index contributed by atoms with van der Waals surface area (Å²) in [7, 11) is 0. The van der Waals surface area contributed by atoms with Gasteiger partial charge in [0.05, 0.1) is 0 Å². The van der Waals surface area contributed by atoms with E-state index in [4.69, 9.17) is 4.74 Å². The fourth-order valence-corrected chi connectivity index (χ4v) is 4.32. The molecule has 1 aromatic heterocycles. The highest BCUT2D eigenvalue weighted by Crippen LogP contribution is 2.37. The predicted molar refractivity (Wildman–Crippen MR) is 127 cm³/mol. The van der Waals surface area contributed by atoms with E-state index >= 15 is 0 Å². The highest BCUT2D eigenvalue weighted by atomic mass is 16.5. The number of carbonyl (C=O) groups is 2. The van der Waals surface area contributed by atoms with Gasteiger partial charge in [-0.15, -0.1) is 0 Å². The third-order valence-electron chi connectivity index (χ3n) is 6.29. The number of fused-ring (bicyclic) bond motifs is 1. The van der Waals surface area contributed by atoms with Gasteiger partial charge in [0.1, 0.15) is 0 Å². The summed E-state index contributed by atoms with van der Waals surface area (Å²) >= 11 is 0. The highest BCUT2D eigenvalue weighted by Gasteiger charge is 2.36. The number of carbonyl (C=O) groups excluding carboxylic acids is 2. The lowest BCUT2D eigenvalue weighted by atomic mass is 10.1. The maximum absolute atomic E-state index is 13.2. The van der Waals surface area contributed by atoms with Gasteiger partial charge in [0.15, 0.2) is 11.6 Å². The molecule has 1 aromatic carbocycles. The molecule has 3 heterocycles. The van der Waals surface area contributed by atoms with Crippen molar-refractivity contribution in [1.29, 1.82) is 0 Å². The van der Waals surface area contributed by atoms with Crippen LogP contribution in [0.2, 0.25) is 0 Å². The number of anilines is 1. The number of piperazine rings is 1. The second kappa shape index (κ2) is 11.2. The van der Waals surface area contributed by atoms with Crippen LogP contribution in [0, 0.1) is 0 Å². The van der Waals surface area contributed by atoms with Crippen LogP contribution in [0.25, 0.3) is 0 Å². The lowest BCUT2D eigenvalue weighted by molar-refractivity contribution is -0.127. The van der Waals surface area contributed by atoms with Crippen molar-refractivity contribution in [3.8, 4) is 5.75 Å². The maximum atomic E-state index is 13.2. The third kappa shape index (κ3) is 5.89. The van der Waals surface area contributed by atoms with Gasteiger partial charge in [-0.2, -0.15) is 0 Å². The second-order valence-electron chi connectivity index (χ2n) is 8.45. The minimum absolute atomic E-state index is 0.0174. The third-order valence-corrected chi connectivity index (χ3v) is 6.29. The molecule has 1 atom stereocenters. The number of hydrogen-bond acceptors (Lipinski definition) is 6. The number of pyridine rings is 1. The molecular formula is C25H33N5O3. The summed E-state index contributed by atoms with van der Waals surface area (Å²) in [4.78, 5) is 36.4. The quantitative estimate of drug-likeness (QED) is 0.629. The van der Waals surface area contributed by atoms with Crippen molar-refractivity contribution in [2.24, 2.45) is 0 Å². The average molecular weight is 452 g/mol. The van der Waals surface area contributed by atoms with Crippen LogP contribution >= 0.6 is 0 Å². The van der Waals surface area contributed by atoms with Crippen LogP contribution in [-0.2, 0) is 9.59 Å². The van der Waals surface area contributed by atoms with Gasteiger partial charge in [-0.05, 0) is 25.1 Å². The van der Waals surface area contributed by atoms with E-state index in [0.29, 0.717) is 37.5 Å². The molecule has 0 radical (unpaired) electrons. The molecule has 4 rings (SSSR count). The van der Waals surface area contributed by atoms with E-state index in [-0.39, 0.29) is 11.8 Å². The Kier molecular flexibility index (Phi) is 7.91. The number of benzene rings is 1. The molecule has 176 valence electrons. The van der Waals surface area contributed by atoms with Crippen molar-refractivity contribution < 1.29 is 14.3 Å². The van der Waals surface area contributed by atoms with Gasteiger partial charge in [0, 0.05) is 64.0 Å². The first-order chi connectivity index (χ1) is 16.2. The zero-order valence-corrected chi connectivity index (χ0v) is 19.3. The Balaban J connectivity index is 1.26. The Hall–Kier alpha value is -2.97. The predicted octanol–water partition coefficient (Wildman–Crippen LogP) is 2.08. The Morgan fingerprint density at radius 2 is 1.82 bits per heavy atom. The summed E-state index contributed by atoms with van der Waals surface area (Å²) in [5, 5.41) is 3.02. The minimum Gasteiger partial charge on any atom is -0.472 e. The van der Waals surface area contributed by atoms with Gasteiger partial charge in [0.25, 0.3) is 5.91 Å². The summed E-state index contributed by atoms with van der Waals surface area (Å²) in [5.74, 6) is 0.961. The van der Waals surface area contributed by atoms with E-state index in [1.54, 1.807) is 17.2 Å². The minimum atomic E-state index is -0.704. The first-order valence-corrected chi connectivity index (χ1v) is 11.8. The molecular weight excluding hydrogens is 418 g/mol. The zero-order valence-electron chi connectivity index (χ0n) is 19.3. The van der Waals surface area contributed by atoms with Gasteiger partial charge in [-0.1, -0.05) is 37.3 Å². The van der Waals surface area contributed by atoms with E-state index in [9.17, 15) is 9.59 Å². The summed E-state index contributed by atoms with van der Waals surface area (Å²) in [6, 6.07) is 13.1. The molecule has 0 aliphatic carbocycles. The van der Waals surface area contributed by atoms with Gasteiger partial charge < -0.3 is 15.0 Å². The number of likely N-dealkylation sites (N-methyl/N-ethyl adjacent to an activating group) is 1. The van der Waals surface area contributed by atoms with Crippen LogP contribution in [0.15, 0.2) is 48.7 Å². The number of aromatic nitrogens is 1. The molecule has 8 heteroatoms. The molecule has 2 amide bonds. The van der Waals surface area contributed by atoms with Crippen molar-refractivity contribution in [3.63, 3.8) is 0 Å². The number of nitrogens with zero attached hydrogens (tertiary/aromatic N) is 4. The topological polar surface area (TPSA) is 78.0 Å². The van der Waals surface area contributed by atoms with Crippen LogP contribution in [0.3, 0.4) is 0 Å². The molecule has 0 unspecified atom stereocenters. The van der Waals surface area contributed by atoms with Crippen LogP contribution in [0.4, 0.5) is 5.82 Å².